The minimum absolute atomic E-state index is 0.0551. The summed E-state index contributed by atoms with van der Waals surface area (Å²) in [6.07, 6.45) is 3.02. The summed E-state index contributed by atoms with van der Waals surface area (Å²) in [6, 6.07) is 6.62. The average Bonchev–Trinajstić information content (AvgIpc) is 2.33. The third-order valence-electron chi connectivity index (χ3n) is 3.88. The number of hydrogen-bond donors (Lipinski definition) is 2. The van der Waals surface area contributed by atoms with Crippen LogP contribution < -0.4 is 5.32 Å². The molecule has 0 radical (unpaired) electrons. The molecule has 0 aromatic heterocycles. The first-order chi connectivity index (χ1) is 8.72. The van der Waals surface area contributed by atoms with E-state index in [4.69, 9.17) is 11.6 Å². The summed E-state index contributed by atoms with van der Waals surface area (Å²) in [5.74, 6) is 1.82. The fourth-order valence-electron chi connectivity index (χ4n) is 2.75. The molecule has 2 nitrogen and oxygen atoms in total. The molecule has 1 aliphatic carbocycles. The zero-order chi connectivity index (χ0) is 12.5. The van der Waals surface area contributed by atoms with Crippen LogP contribution in [0.1, 0.15) is 30.9 Å². The summed E-state index contributed by atoms with van der Waals surface area (Å²) in [5.41, 5.74) is 1.35. The molecular weight excluding hydrogens is 266 g/mol. The lowest BCUT2D eigenvalue weighted by atomic mass is 9.82. The molecule has 0 amide bonds. The van der Waals surface area contributed by atoms with E-state index in [0.717, 1.165) is 30.8 Å². The Kier molecular flexibility index (Phi) is 3.85. The Bertz CT molecular complexity index is 434. The monoisotopic (exact) mass is 283 g/mol. The number of aliphatic hydroxyl groups is 1. The number of halogens is 1. The standard InChI is InChI=1S/C14H18ClNOS/c15-10-1-2-14-12(7-10)13(3-4-18-14)16-8-9-5-11(17)6-9/h1-2,7,9,11,13,16-17H,3-6,8H2. The quantitative estimate of drug-likeness (QED) is 0.893. The van der Waals surface area contributed by atoms with Gasteiger partial charge in [0.25, 0.3) is 0 Å². The van der Waals surface area contributed by atoms with Crippen LogP contribution in [-0.4, -0.2) is 23.5 Å². The molecule has 0 spiro atoms. The van der Waals surface area contributed by atoms with Crippen molar-refractivity contribution in [1.29, 1.82) is 0 Å². The summed E-state index contributed by atoms with van der Waals surface area (Å²) in [4.78, 5) is 1.36. The van der Waals surface area contributed by atoms with Crippen LogP contribution in [0.5, 0.6) is 0 Å². The van der Waals surface area contributed by atoms with E-state index >= 15 is 0 Å². The van der Waals surface area contributed by atoms with E-state index in [1.807, 2.05) is 17.8 Å². The van der Waals surface area contributed by atoms with Crippen LogP contribution in [0.25, 0.3) is 0 Å². The number of fused-ring (bicyclic) bond motifs is 1. The van der Waals surface area contributed by atoms with E-state index in [0.29, 0.717) is 12.0 Å². The van der Waals surface area contributed by atoms with Crippen molar-refractivity contribution in [2.75, 3.05) is 12.3 Å². The van der Waals surface area contributed by atoms with Gasteiger partial charge in [0.15, 0.2) is 0 Å². The van der Waals surface area contributed by atoms with Crippen LogP contribution in [0, 0.1) is 5.92 Å². The molecule has 1 aromatic rings. The van der Waals surface area contributed by atoms with Crippen molar-refractivity contribution in [3.8, 4) is 0 Å². The molecule has 2 aliphatic rings. The van der Waals surface area contributed by atoms with Gasteiger partial charge in [-0.3, -0.25) is 0 Å². The maximum absolute atomic E-state index is 9.30. The van der Waals surface area contributed by atoms with Crippen LogP contribution in [0.4, 0.5) is 0 Å². The zero-order valence-electron chi connectivity index (χ0n) is 10.2. The fraction of sp³-hybridized carbons (Fsp3) is 0.571. The van der Waals surface area contributed by atoms with E-state index in [1.165, 1.54) is 16.2 Å². The molecule has 1 unspecified atom stereocenters. The second-order valence-electron chi connectivity index (χ2n) is 5.27. The van der Waals surface area contributed by atoms with Gasteiger partial charge in [-0.05, 0) is 61.2 Å². The van der Waals surface area contributed by atoms with Crippen molar-refractivity contribution in [3.63, 3.8) is 0 Å². The summed E-state index contributed by atoms with van der Waals surface area (Å²) in [7, 11) is 0. The Morgan fingerprint density at radius 2 is 2.22 bits per heavy atom. The molecule has 1 atom stereocenters. The molecule has 0 saturated heterocycles. The predicted molar refractivity (Wildman–Crippen MR) is 76.3 cm³/mol. The molecule has 0 bridgehead atoms. The Hall–Kier alpha value is -0.220. The number of nitrogens with one attached hydrogen (secondary N) is 1. The highest BCUT2D eigenvalue weighted by atomic mass is 35.5. The molecule has 4 heteroatoms. The van der Waals surface area contributed by atoms with Gasteiger partial charge in [0.05, 0.1) is 6.10 Å². The fourth-order valence-corrected chi connectivity index (χ4v) is 4.04. The first kappa shape index (κ1) is 12.8. The normalized spacial score (nSPS) is 30.7. The maximum Gasteiger partial charge on any atom is 0.0546 e. The molecule has 2 N–H and O–H groups in total. The third kappa shape index (κ3) is 2.69. The lowest BCUT2D eigenvalue weighted by molar-refractivity contribution is 0.0417. The second kappa shape index (κ2) is 5.41. The minimum atomic E-state index is -0.0551. The first-order valence-corrected chi connectivity index (χ1v) is 7.92. The average molecular weight is 284 g/mol. The van der Waals surface area contributed by atoms with E-state index in [1.54, 1.807) is 0 Å². The SMILES string of the molecule is OC1CC(CNC2CCSc3ccc(Cl)cc32)C1. The molecule has 98 valence electrons. The van der Waals surface area contributed by atoms with E-state index in [9.17, 15) is 5.11 Å². The minimum Gasteiger partial charge on any atom is -0.393 e. The molecule has 1 heterocycles. The largest absolute Gasteiger partial charge is 0.393 e. The van der Waals surface area contributed by atoms with Crippen molar-refractivity contribution >= 4 is 23.4 Å². The maximum atomic E-state index is 9.30. The van der Waals surface area contributed by atoms with Crippen LogP contribution in [0.15, 0.2) is 23.1 Å². The van der Waals surface area contributed by atoms with Crippen molar-refractivity contribution in [3.05, 3.63) is 28.8 Å². The van der Waals surface area contributed by atoms with Crippen LogP contribution in [0.3, 0.4) is 0 Å². The van der Waals surface area contributed by atoms with E-state index in [2.05, 4.69) is 17.4 Å². The molecule has 1 aliphatic heterocycles. The van der Waals surface area contributed by atoms with Crippen molar-refractivity contribution in [2.45, 2.75) is 36.3 Å². The molecule has 1 aromatic carbocycles. The lowest BCUT2D eigenvalue weighted by Gasteiger charge is -2.34. The number of hydrogen-bond acceptors (Lipinski definition) is 3. The van der Waals surface area contributed by atoms with Gasteiger partial charge < -0.3 is 10.4 Å². The van der Waals surface area contributed by atoms with Gasteiger partial charge >= 0.3 is 0 Å². The molecule has 18 heavy (non-hydrogen) atoms. The summed E-state index contributed by atoms with van der Waals surface area (Å²) >= 11 is 8.01. The second-order valence-corrected chi connectivity index (χ2v) is 6.84. The topological polar surface area (TPSA) is 32.3 Å². The summed E-state index contributed by atoms with van der Waals surface area (Å²) < 4.78 is 0. The third-order valence-corrected chi connectivity index (χ3v) is 5.23. The highest BCUT2D eigenvalue weighted by Gasteiger charge is 2.28. The Morgan fingerprint density at radius 3 is 3.00 bits per heavy atom. The molecular formula is C14H18ClNOS. The highest BCUT2D eigenvalue weighted by molar-refractivity contribution is 7.99. The van der Waals surface area contributed by atoms with Gasteiger partial charge in [-0.15, -0.1) is 11.8 Å². The zero-order valence-corrected chi connectivity index (χ0v) is 11.8. The number of aliphatic hydroxyl groups excluding tert-OH is 1. The van der Waals surface area contributed by atoms with Gasteiger partial charge in [-0.1, -0.05) is 11.6 Å². The molecule has 1 fully saturated rings. The van der Waals surface area contributed by atoms with Gasteiger partial charge in [0, 0.05) is 16.0 Å². The Morgan fingerprint density at radius 1 is 1.39 bits per heavy atom. The van der Waals surface area contributed by atoms with Gasteiger partial charge in [-0.25, -0.2) is 0 Å². The van der Waals surface area contributed by atoms with E-state index < -0.39 is 0 Å². The first-order valence-electron chi connectivity index (χ1n) is 6.56. The van der Waals surface area contributed by atoms with Gasteiger partial charge in [-0.2, -0.15) is 0 Å². The smallest absolute Gasteiger partial charge is 0.0546 e. The molecule has 3 rings (SSSR count). The molecule has 1 saturated carbocycles. The van der Waals surface area contributed by atoms with Crippen molar-refractivity contribution < 1.29 is 5.11 Å². The number of benzene rings is 1. The summed E-state index contributed by atoms with van der Waals surface area (Å²) in [6.45, 7) is 1.01. The number of thioether (sulfide) groups is 1. The van der Waals surface area contributed by atoms with Gasteiger partial charge in [0.2, 0.25) is 0 Å². The van der Waals surface area contributed by atoms with Gasteiger partial charge in [0.1, 0.15) is 0 Å². The van der Waals surface area contributed by atoms with Crippen LogP contribution in [-0.2, 0) is 0 Å². The highest BCUT2D eigenvalue weighted by Crippen LogP contribution is 2.38. The van der Waals surface area contributed by atoms with Crippen LogP contribution in [0.2, 0.25) is 5.02 Å². The van der Waals surface area contributed by atoms with Crippen molar-refractivity contribution in [2.24, 2.45) is 5.92 Å². The van der Waals surface area contributed by atoms with E-state index in [-0.39, 0.29) is 6.10 Å². The predicted octanol–water partition coefficient (Wildman–Crippen LogP) is 3.24. The van der Waals surface area contributed by atoms with Crippen LogP contribution >= 0.6 is 23.4 Å². The Balaban J connectivity index is 1.65. The van der Waals surface area contributed by atoms with Crippen molar-refractivity contribution in [1.82, 2.24) is 5.32 Å². The summed E-state index contributed by atoms with van der Waals surface area (Å²) in [5, 5.41) is 13.8. The number of rotatable bonds is 3. The lowest BCUT2D eigenvalue weighted by Crippen LogP contribution is -2.38. The Labute approximate surface area is 117 Å².